The van der Waals surface area contributed by atoms with Crippen molar-refractivity contribution < 1.29 is 14.1 Å². The number of pyridine rings is 1. The maximum absolute atomic E-state index is 12.8. The lowest BCUT2D eigenvalue weighted by Gasteiger charge is -2.28. The Morgan fingerprint density at radius 1 is 1.03 bits per heavy atom. The number of hydrogen-bond acceptors (Lipinski definition) is 5. The Balaban J connectivity index is 1.21. The monoisotopic (exact) mass is 446 g/mol. The van der Waals surface area contributed by atoms with Crippen LogP contribution in [-0.2, 0) is 0 Å². The van der Waals surface area contributed by atoms with Gasteiger partial charge < -0.3 is 14.7 Å². The molecule has 0 radical (unpaired) electrons. The van der Waals surface area contributed by atoms with E-state index in [2.05, 4.69) is 10.5 Å². The van der Waals surface area contributed by atoms with Gasteiger partial charge in [-0.25, -0.2) is 0 Å². The van der Waals surface area contributed by atoms with Gasteiger partial charge in [0.25, 0.3) is 11.8 Å². The zero-order chi connectivity index (χ0) is 22.9. The SMILES string of the molecule is CN(C)C(=O)c1cc(C2CCC(CNC(=O)c3cc(C4CC4)on3)CC2)nc2ccccc12. The summed E-state index contributed by atoms with van der Waals surface area (Å²) in [6.45, 7) is 0.646. The summed E-state index contributed by atoms with van der Waals surface area (Å²) in [5, 5.41) is 7.85. The van der Waals surface area contributed by atoms with E-state index < -0.39 is 0 Å². The molecule has 172 valence electrons. The van der Waals surface area contributed by atoms with Crippen molar-refractivity contribution >= 4 is 22.7 Å². The van der Waals surface area contributed by atoms with E-state index in [4.69, 9.17) is 9.51 Å². The van der Waals surface area contributed by atoms with E-state index in [1.165, 1.54) is 0 Å². The summed E-state index contributed by atoms with van der Waals surface area (Å²) in [6, 6.07) is 11.6. The molecule has 0 aliphatic heterocycles. The summed E-state index contributed by atoms with van der Waals surface area (Å²) in [5.41, 5.74) is 2.96. The normalized spacial score (nSPS) is 20.5. The Hall–Kier alpha value is -3.22. The van der Waals surface area contributed by atoms with Crippen LogP contribution in [0.1, 0.15) is 82.7 Å². The highest BCUT2D eigenvalue weighted by molar-refractivity contribution is 6.06. The summed E-state index contributed by atoms with van der Waals surface area (Å²) in [7, 11) is 3.56. The zero-order valence-electron chi connectivity index (χ0n) is 19.2. The van der Waals surface area contributed by atoms with Gasteiger partial charge in [-0.3, -0.25) is 14.6 Å². The van der Waals surface area contributed by atoms with Crippen LogP contribution in [0.2, 0.25) is 0 Å². The van der Waals surface area contributed by atoms with Gasteiger partial charge in [0.05, 0.1) is 11.1 Å². The number of carbonyl (C=O) groups excluding carboxylic acids is 2. The molecule has 3 aromatic rings. The smallest absolute Gasteiger partial charge is 0.273 e. The Kier molecular flexibility index (Phi) is 5.87. The van der Waals surface area contributed by atoms with Crippen molar-refractivity contribution in [3.8, 4) is 0 Å². The Morgan fingerprint density at radius 3 is 2.48 bits per heavy atom. The van der Waals surface area contributed by atoms with Crippen LogP contribution in [0.3, 0.4) is 0 Å². The summed E-state index contributed by atoms with van der Waals surface area (Å²) < 4.78 is 5.29. The average Bonchev–Trinajstić information content (AvgIpc) is 3.57. The van der Waals surface area contributed by atoms with Gasteiger partial charge in [0, 0.05) is 49.6 Å². The van der Waals surface area contributed by atoms with Crippen molar-refractivity contribution in [1.82, 2.24) is 20.4 Å². The Bertz CT molecular complexity index is 1170. The van der Waals surface area contributed by atoms with Gasteiger partial charge in [-0.15, -0.1) is 0 Å². The fraction of sp³-hybridized carbons (Fsp3) is 0.462. The molecule has 5 rings (SSSR count). The molecule has 0 bridgehead atoms. The lowest BCUT2D eigenvalue weighted by atomic mass is 9.80. The number of amides is 2. The zero-order valence-corrected chi connectivity index (χ0v) is 19.2. The van der Waals surface area contributed by atoms with E-state index in [1.807, 2.05) is 30.3 Å². The van der Waals surface area contributed by atoms with Gasteiger partial charge in [-0.1, -0.05) is 23.4 Å². The predicted molar refractivity (Wildman–Crippen MR) is 125 cm³/mol. The van der Waals surface area contributed by atoms with Crippen molar-refractivity contribution in [1.29, 1.82) is 0 Å². The second-order valence-corrected chi connectivity index (χ2v) is 9.63. The van der Waals surface area contributed by atoms with E-state index in [0.29, 0.717) is 35.6 Å². The van der Waals surface area contributed by atoms with E-state index in [0.717, 1.165) is 60.9 Å². The molecule has 2 fully saturated rings. The van der Waals surface area contributed by atoms with Gasteiger partial charge in [0.1, 0.15) is 5.76 Å². The molecule has 1 N–H and O–H groups in total. The van der Waals surface area contributed by atoms with Crippen molar-refractivity contribution in [2.75, 3.05) is 20.6 Å². The summed E-state index contributed by atoms with van der Waals surface area (Å²) >= 11 is 0. The third-order valence-corrected chi connectivity index (χ3v) is 6.93. The number of hydrogen-bond donors (Lipinski definition) is 1. The van der Waals surface area contributed by atoms with Crippen molar-refractivity contribution in [2.45, 2.75) is 50.4 Å². The Labute approximate surface area is 193 Å². The largest absolute Gasteiger partial charge is 0.360 e. The average molecular weight is 447 g/mol. The number of nitrogens with zero attached hydrogens (tertiary/aromatic N) is 3. The lowest BCUT2D eigenvalue weighted by molar-refractivity contribution is 0.0829. The van der Waals surface area contributed by atoms with Crippen LogP contribution in [0.15, 0.2) is 40.9 Å². The van der Waals surface area contributed by atoms with Crippen LogP contribution in [-0.4, -0.2) is 47.5 Å². The minimum atomic E-state index is -0.157. The molecule has 0 unspecified atom stereocenters. The number of benzene rings is 1. The molecule has 0 atom stereocenters. The molecule has 0 spiro atoms. The maximum Gasteiger partial charge on any atom is 0.273 e. The summed E-state index contributed by atoms with van der Waals surface area (Å²) in [6.07, 6.45) is 6.27. The van der Waals surface area contributed by atoms with Gasteiger partial charge in [0.15, 0.2) is 5.69 Å². The van der Waals surface area contributed by atoms with E-state index >= 15 is 0 Å². The summed E-state index contributed by atoms with van der Waals surface area (Å²) in [4.78, 5) is 31.8. The number of carbonyl (C=O) groups is 2. The van der Waals surface area contributed by atoms with Crippen molar-refractivity contribution in [3.05, 3.63) is 59.1 Å². The standard InChI is InChI=1S/C26H30N4O3/c1-30(2)26(32)20-13-22(28-21-6-4-3-5-19(20)21)17-9-7-16(8-10-17)15-27-25(31)23-14-24(33-29-23)18-11-12-18/h3-6,13-14,16-18H,7-12,15H2,1-2H3,(H,27,31). The lowest BCUT2D eigenvalue weighted by Crippen LogP contribution is -2.31. The second-order valence-electron chi connectivity index (χ2n) is 9.63. The minimum absolute atomic E-state index is 0.00366. The van der Waals surface area contributed by atoms with Crippen LogP contribution >= 0.6 is 0 Å². The first-order chi connectivity index (χ1) is 16.0. The molecule has 2 saturated carbocycles. The van der Waals surface area contributed by atoms with Crippen LogP contribution in [0.5, 0.6) is 0 Å². The fourth-order valence-electron chi connectivity index (χ4n) is 4.77. The molecule has 2 aromatic heterocycles. The molecule has 7 nitrogen and oxygen atoms in total. The quantitative estimate of drug-likeness (QED) is 0.602. The number of nitrogens with one attached hydrogen (secondary N) is 1. The number of para-hydroxylation sites is 1. The first-order valence-corrected chi connectivity index (χ1v) is 11.9. The third kappa shape index (κ3) is 4.63. The van der Waals surface area contributed by atoms with Gasteiger partial charge in [0.2, 0.25) is 0 Å². The van der Waals surface area contributed by atoms with Crippen LogP contribution in [0, 0.1) is 5.92 Å². The molecular weight excluding hydrogens is 416 g/mol. The van der Waals surface area contributed by atoms with Crippen LogP contribution in [0.4, 0.5) is 0 Å². The third-order valence-electron chi connectivity index (χ3n) is 6.93. The van der Waals surface area contributed by atoms with Crippen LogP contribution in [0.25, 0.3) is 10.9 Å². The number of rotatable bonds is 6. The molecule has 2 aliphatic carbocycles. The molecule has 0 saturated heterocycles. The molecule has 33 heavy (non-hydrogen) atoms. The van der Waals surface area contributed by atoms with Gasteiger partial charge in [-0.05, 0) is 56.6 Å². The highest BCUT2D eigenvalue weighted by Gasteiger charge is 2.29. The van der Waals surface area contributed by atoms with Gasteiger partial charge in [-0.2, -0.15) is 0 Å². The second kappa shape index (κ2) is 8.96. The first kappa shape index (κ1) is 21.6. The molecular formula is C26H30N4O3. The van der Waals surface area contributed by atoms with Crippen molar-refractivity contribution in [3.63, 3.8) is 0 Å². The molecule has 2 aliphatic rings. The first-order valence-electron chi connectivity index (χ1n) is 11.9. The highest BCUT2D eigenvalue weighted by atomic mass is 16.5. The molecule has 7 heteroatoms. The molecule has 2 amide bonds. The van der Waals surface area contributed by atoms with E-state index in [-0.39, 0.29) is 11.8 Å². The molecule has 2 heterocycles. The molecule has 1 aromatic carbocycles. The Morgan fingerprint density at radius 2 is 1.76 bits per heavy atom. The fourth-order valence-corrected chi connectivity index (χ4v) is 4.77. The van der Waals surface area contributed by atoms with Crippen LogP contribution < -0.4 is 5.32 Å². The van der Waals surface area contributed by atoms with E-state index in [1.54, 1.807) is 25.1 Å². The maximum atomic E-state index is 12.8. The topological polar surface area (TPSA) is 88.3 Å². The number of aromatic nitrogens is 2. The predicted octanol–water partition coefficient (Wildman–Crippen LogP) is 4.51. The van der Waals surface area contributed by atoms with Gasteiger partial charge >= 0.3 is 0 Å². The summed E-state index contributed by atoms with van der Waals surface area (Å²) in [5.74, 6) is 1.89. The van der Waals surface area contributed by atoms with E-state index in [9.17, 15) is 9.59 Å². The minimum Gasteiger partial charge on any atom is -0.360 e. The van der Waals surface area contributed by atoms with Crippen molar-refractivity contribution in [2.24, 2.45) is 5.92 Å². The highest BCUT2D eigenvalue weighted by Crippen LogP contribution is 2.40. The number of fused-ring (bicyclic) bond motifs is 1.